The quantitative estimate of drug-likeness (QED) is 0.0182. The van der Waals surface area contributed by atoms with Crippen molar-refractivity contribution in [3.05, 3.63) is 144 Å². The SMILES string of the molecule is CC(C)C[C@@H](NC(=O)[C@H](C)NC(=O)CNC(=O)[C@@H](NC=O)C(C)C)C(=O)N[C@@H](C)C(=O)N[C@@H](C(=O)N[C@H](C(=O)N[C@@H](C(=O)N[C@@H](Cc1c[nH]c2ccccc12)C(=O)N[C@H](CC(C)C)C(=O)N[C@@H](Cc1c[nH]c2ccccc12)C(=O)N[C@H](CC(C)C)C(=O)N[C@@H](Cc1c[nH]c2ccccc12)C(=O)N[C@H](CC(C)C)C(=O)N[C@@H](Cc1c[nH]c2ccccc12)C(=O)NCCOC(=O)NCCN(C)C)C(C)C)C(C)C)C(C)C. The fraction of sp³-hybridized carbons (Fsp3) is 0.529. The zero-order valence-corrected chi connectivity index (χ0v) is 86.3. The van der Waals surface area contributed by atoms with E-state index in [0.717, 1.165) is 21.8 Å². The number of ether oxygens (including phenoxy) is 1. The number of nitrogens with zero attached hydrogens (tertiary/aromatic N) is 1. The molecule has 40 nitrogen and oxygen atoms in total. The van der Waals surface area contributed by atoms with Gasteiger partial charge in [-0.15, -0.1) is 0 Å². The molecule has 0 spiro atoms. The molecule has 0 saturated heterocycles. The highest BCUT2D eigenvalue weighted by Gasteiger charge is 2.41. The highest BCUT2D eigenvalue weighted by Crippen LogP contribution is 2.26. The molecule has 0 saturated carbocycles. The van der Waals surface area contributed by atoms with Crippen molar-refractivity contribution in [1.29, 1.82) is 0 Å². The Morgan fingerprint density at radius 1 is 0.299 bits per heavy atom. The molecule has 0 aliphatic carbocycles. The molecule has 14 atom stereocenters. The Morgan fingerprint density at radius 2 is 0.576 bits per heavy atom. The van der Waals surface area contributed by atoms with E-state index in [9.17, 15) is 47.9 Å². The van der Waals surface area contributed by atoms with Crippen LogP contribution in [-0.4, -0.2) is 257 Å². The third-order valence-electron chi connectivity index (χ3n) is 24.6. The maximum absolute atomic E-state index is 15.7. The molecule has 144 heavy (non-hydrogen) atoms. The summed E-state index contributed by atoms with van der Waals surface area (Å²) >= 11 is 0. The van der Waals surface area contributed by atoms with Crippen molar-refractivity contribution in [2.24, 2.45) is 47.3 Å². The van der Waals surface area contributed by atoms with Crippen LogP contribution < -0.4 is 90.4 Å². The first-order valence-electron chi connectivity index (χ1n) is 49.6. The summed E-state index contributed by atoms with van der Waals surface area (Å²) < 4.78 is 5.33. The molecule has 8 rings (SSSR count). The van der Waals surface area contributed by atoms with Gasteiger partial charge < -0.3 is 120 Å². The van der Waals surface area contributed by atoms with Gasteiger partial charge in [0.1, 0.15) is 91.2 Å². The molecule has 0 fully saturated rings. The topological polar surface area (TPSA) is 570 Å². The second-order valence-corrected chi connectivity index (χ2v) is 40.4. The van der Waals surface area contributed by atoms with Gasteiger partial charge in [0, 0.05) is 107 Å². The van der Waals surface area contributed by atoms with Crippen LogP contribution in [0.1, 0.15) is 173 Å². The van der Waals surface area contributed by atoms with E-state index < -0.39 is 204 Å². The molecule has 0 aliphatic rings. The lowest BCUT2D eigenvalue weighted by atomic mass is 9.97. The zero-order valence-electron chi connectivity index (χ0n) is 86.3. The monoisotopic (exact) mass is 2000 g/mol. The summed E-state index contributed by atoms with van der Waals surface area (Å²) in [5, 5.41) is 49.6. The first-order valence-corrected chi connectivity index (χ1v) is 49.6. The van der Waals surface area contributed by atoms with Crippen molar-refractivity contribution >= 4 is 145 Å². The highest BCUT2D eigenvalue weighted by atomic mass is 16.5. The van der Waals surface area contributed by atoms with E-state index >= 15 is 33.6 Å². The molecule has 4 heterocycles. The number of para-hydroxylation sites is 4. The van der Waals surface area contributed by atoms with Gasteiger partial charge in [0.15, 0.2) is 0 Å². The number of hydrogen-bond acceptors (Lipinski definition) is 19. The van der Waals surface area contributed by atoms with E-state index in [1.165, 1.54) is 13.8 Å². The third-order valence-corrected chi connectivity index (χ3v) is 24.6. The molecule has 4 aromatic heterocycles. The van der Waals surface area contributed by atoms with Gasteiger partial charge in [-0.3, -0.25) is 76.7 Å². The van der Waals surface area contributed by atoms with Crippen molar-refractivity contribution in [3.8, 4) is 0 Å². The summed E-state index contributed by atoms with van der Waals surface area (Å²) in [6.07, 6.45) is 6.19. The van der Waals surface area contributed by atoms with E-state index in [0.29, 0.717) is 63.6 Å². The summed E-state index contributed by atoms with van der Waals surface area (Å²) in [6, 6.07) is 10.9. The van der Waals surface area contributed by atoms with Crippen LogP contribution in [-0.2, 0) is 107 Å². The molecule has 8 aromatic rings. The number of alkyl carbamates (subject to hydrolysis) is 1. The maximum atomic E-state index is 15.7. The Balaban J connectivity index is 1.01. The minimum absolute atomic E-state index is 0.000182. The molecule has 784 valence electrons. The second kappa shape index (κ2) is 55.4. The summed E-state index contributed by atoms with van der Waals surface area (Å²) in [7, 11) is 3.72. The van der Waals surface area contributed by atoms with Crippen LogP contribution in [0.3, 0.4) is 0 Å². The first-order chi connectivity index (χ1) is 68.2. The zero-order chi connectivity index (χ0) is 106. The number of fused-ring (bicyclic) bond motifs is 4. The second-order valence-electron chi connectivity index (χ2n) is 40.4. The average Bonchev–Trinajstić information content (AvgIpc) is 1.62. The molecule has 17 amide bonds. The van der Waals surface area contributed by atoms with E-state index in [4.69, 9.17) is 4.74 Å². The number of hydrogen-bond donors (Lipinski definition) is 21. The predicted octanol–water partition coefficient (Wildman–Crippen LogP) is 4.67. The molecule has 0 bridgehead atoms. The minimum Gasteiger partial charge on any atom is -0.448 e. The normalized spacial score (nSPS) is 14.6. The molecular weight excluding hydrogens is 1850 g/mol. The molecule has 4 aromatic carbocycles. The Labute approximate surface area is 840 Å². The number of carbonyl (C=O) groups is 17. The van der Waals surface area contributed by atoms with Gasteiger partial charge in [-0.2, -0.15) is 0 Å². The minimum atomic E-state index is -1.49. The van der Waals surface area contributed by atoms with Crippen LogP contribution >= 0.6 is 0 Å². The highest BCUT2D eigenvalue weighted by molar-refractivity contribution is 6.02. The van der Waals surface area contributed by atoms with Gasteiger partial charge in [-0.1, -0.05) is 184 Å². The number of benzene rings is 4. The molecule has 0 unspecified atom stereocenters. The lowest BCUT2D eigenvalue weighted by Crippen LogP contribution is -2.62. The number of H-pyrrole nitrogens is 4. The summed E-state index contributed by atoms with van der Waals surface area (Å²) in [4.78, 5) is 257. The number of aromatic amines is 4. The average molecular weight is 2000 g/mol. The van der Waals surface area contributed by atoms with Crippen LogP contribution in [0.2, 0.25) is 0 Å². The van der Waals surface area contributed by atoms with Crippen molar-refractivity contribution in [1.82, 2.24) is 115 Å². The van der Waals surface area contributed by atoms with Crippen LogP contribution in [0.25, 0.3) is 43.6 Å². The van der Waals surface area contributed by atoms with Crippen LogP contribution in [0.5, 0.6) is 0 Å². The standard InChI is InChI=1S/C104H150N22O18/c1-55(2)41-77(115-90(129)63(17)113-85(128)53-111-100(139)86(59(9)10)112-54-127)93(132)114-64(18)91(130)123-88(61(13)14)102(141)125-89(62(15)16)103(142)124-87(60(11)12)101(140)122-84(48-68-52-110-76-36-28-24-32-72(68)76)99(138)118-80(44-58(7)8)96(135)121-83(47-67-51-109-75-35-27-23-31-71(67)75)98(137)117-79(43-57(5)6)95(134)120-82(46-66-50-108-74-34-26-22-30-70(66)74)97(136)116-78(42-56(3)4)94(133)119-81(45-65-49-107-73-33-25-21-29-69(65)73)92(131)105-38-40-144-104(143)106-37-39-126(19)20/h21-36,49-52,54-64,77-84,86-89,107-110H,37-48,53H2,1-20H3,(H,105,131)(H,106,143)(H,111,139)(H,112,127)(H,113,128)(H,114,132)(H,115,129)(H,116,136)(H,117,137)(H,118,138)(H,119,133)(H,120,134)(H,121,135)(H,122,140)(H,123,130)(H,124,142)(H,125,141)/t63-,64-,77+,78+,79+,80+,81-,82-,83-,84-,86-,87+,88+,89-/m0/s1. The third kappa shape index (κ3) is 34.9. The summed E-state index contributed by atoms with van der Waals surface area (Å²) in [5.41, 5.74) is 5.41. The summed E-state index contributed by atoms with van der Waals surface area (Å²) in [6.45, 7) is 30.8. The lowest BCUT2D eigenvalue weighted by Gasteiger charge is -2.31. The number of rotatable bonds is 57. The Morgan fingerprint density at radius 3 is 0.903 bits per heavy atom. The molecule has 0 aliphatic heterocycles. The predicted molar refractivity (Wildman–Crippen MR) is 549 cm³/mol. The number of aromatic nitrogens is 4. The van der Waals surface area contributed by atoms with Gasteiger partial charge in [0.05, 0.1) is 13.1 Å². The van der Waals surface area contributed by atoms with Crippen LogP contribution in [0.4, 0.5) is 4.79 Å². The van der Waals surface area contributed by atoms with E-state index in [-0.39, 0.29) is 94.1 Å². The van der Waals surface area contributed by atoms with Gasteiger partial charge in [-0.05, 0) is 147 Å². The summed E-state index contributed by atoms with van der Waals surface area (Å²) in [5.74, 6) is -14.8. The largest absolute Gasteiger partial charge is 0.448 e. The van der Waals surface area contributed by atoms with Gasteiger partial charge in [-0.25, -0.2) is 4.79 Å². The fourth-order valence-corrected chi connectivity index (χ4v) is 16.8. The molecular formula is C104H150N22O18. The molecule has 40 heteroatoms. The lowest BCUT2D eigenvalue weighted by molar-refractivity contribution is -0.137. The van der Waals surface area contributed by atoms with Gasteiger partial charge >= 0.3 is 6.09 Å². The van der Waals surface area contributed by atoms with Crippen LogP contribution in [0, 0.1) is 47.3 Å². The first kappa shape index (κ1) is 115. The Kier molecular flexibility index (Phi) is 44.3. The number of carbonyl (C=O) groups excluding carboxylic acids is 17. The van der Waals surface area contributed by atoms with Crippen molar-refractivity contribution in [2.45, 2.75) is 261 Å². The van der Waals surface area contributed by atoms with Crippen molar-refractivity contribution < 1.29 is 86.2 Å². The van der Waals surface area contributed by atoms with Gasteiger partial charge in [0.25, 0.3) is 0 Å². The smallest absolute Gasteiger partial charge is 0.407 e. The molecule has 21 N–H and O–H groups in total. The van der Waals surface area contributed by atoms with Crippen molar-refractivity contribution in [2.75, 3.05) is 46.9 Å². The molecule has 0 radical (unpaired) electrons. The van der Waals surface area contributed by atoms with Gasteiger partial charge in [0.2, 0.25) is 95.0 Å². The number of amides is 17. The van der Waals surface area contributed by atoms with E-state index in [1.807, 2.05) is 152 Å². The van der Waals surface area contributed by atoms with Crippen LogP contribution in [0.15, 0.2) is 122 Å². The Hall–Kier alpha value is -14.2. The Bertz CT molecular complexity index is 5730. The van der Waals surface area contributed by atoms with E-state index in [1.54, 1.807) is 100 Å². The van der Waals surface area contributed by atoms with Crippen molar-refractivity contribution in [3.63, 3.8) is 0 Å². The number of likely N-dealkylation sites (N-methyl/N-ethyl adjacent to an activating group) is 1. The maximum Gasteiger partial charge on any atom is 0.407 e. The van der Waals surface area contributed by atoms with E-state index in [2.05, 4.69) is 110 Å². The number of nitrogens with one attached hydrogen (secondary N) is 21. The fourth-order valence-electron chi connectivity index (χ4n) is 16.8.